The van der Waals surface area contributed by atoms with E-state index >= 15 is 0 Å². The molecule has 0 aromatic carbocycles. The highest BCUT2D eigenvalue weighted by Crippen LogP contribution is 1.99. The predicted octanol–water partition coefficient (Wildman–Crippen LogP) is 1.35. The van der Waals surface area contributed by atoms with Crippen LogP contribution in [0.3, 0.4) is 0 Å². The second-order valence-electron chi connectivity index (χ2n) is 2.16. The van der Waals surface area contributed by atoms with Gasteiger partial charge in [-0.3, -0.25) is 4.79 Å². The van der Waals surface area contributed by atoms with E-state index in [1.54, 1.807) is 0 Å². The van der Waals surface area contributed by atoms with Crippen molar-refractivity contribution in [2.75, 3.05) is 0 Å². The van der Waals surface area contributed by atoms with Crippen LogP contribution in [0.4, 0.5) is 0 Å². The standard InChI is InChI=1S/C8H12O2/c1-4-5-6-7(2)10-8(3)9/h1,7H,5-6H2,2-3H3. The molecule has 56 valence electrons. The molecule has 10 heavy (non-hydrogen) atoms. The minimum Gasteiger partial charge on any atom is -0.463 e. The van der Waals surface area contributed by atoms with Crippen LogP contribution in [0.1, 0.15) is 26.7 Å². The summed E-state index contributed by atoms with van der Waals surface area (Å²) in [6.07, 6.45) is 6.38. The Balaban J connectivity index is 3.36. The first-order chi connectivity index (χ1) is 4.66. The highest BCUT2D eigenvalue weighted by atomic mass is 16.5. The van der Waals surface area contributed by atoms with Crippen LogP contribution in [0.5, 0.6) is 0 Å². The molecule has 0 radical (unpaired) electrons. The highest BCUT2D eigenvalue weighted by molar-refractivity contribution is 5.66. The Morgan fingerprint density at radius 1 is 1.80 bits per heavy atom. The summed E-state index contributed by atoms with van der Waals surface area (Å²) in [4.78, 5) is 10.3. The van der Waals surface area contributed by atoms with Crippen LogP contribution in [0.25, 0.3) is 0 Å². The Kier molecular flexibility index (Phi) is 4.39. The lowest BCUT2D eigenvalue weighted by Crippen LogP contribution is -2.11. The normalized spacial score (nSPS) is 11.7. The molecule has 0 aromatic rings. The van der Waals surface area contributed by atoms with Crippen molar-refractivity contribution in [3.63, 3.8) is 0 Å². The van der Waals surface area contributed by atoms with E-state index in [0.29, 0.717) is 6.42 Å². The molecule has 0 aromatic heterocycles. The van der Waals surface area contributed by atoms with Gasteiger partial charge < -0.3 is 4.74 Å². The summed E-state index contributed by atoms with van der Waals surface area (Å²) in [5, 5.41) is 0. The quantitative estimate of drug-likeness (QED) is 0.437. The Morgan fingerprint density at radius 2 is 2.40 bits per heavy atom. The maximum atomic E-state index is 10.3. The van der Waals surface area contributed by atoms with Gasteiger partial charge in [0.2, 0.25) is 0 Å². The number of rotatable bonds is 3. The summed E-state index contributed by atoms with van der Waals surface area (Å²) in [6.45, 7) is 3.23. The van der Waals surface area contributed by atoms with Gasteiger partial charge in [0.05, 0.1) is 6.10 Å². The average molecular weight is 140 g/mol. The topological polar surface area (TPSA) is 26.3 Å². The summed E-state index contributed by atoms with van der Waals surface area (Å²) < 4.78 is 4.82. The molecular formula is C8H12O2. The number of ether oxygens (including phenoxy) is 1. The largest absolute Gasteiger partial charge is 0.463 e. The lowest BCUT2D eigenvalue weighted by Gasteiger charge is -2.08. The first kappa shape index (κ1) is 9.03. The summed E-state index contributed by atoms with van der Waals surface area (Å²) in [5.41, 5.74) is 0. The molecular weight excluding hydrogens is 128 g/mol. The molecule has 0 rings (SSSR count). The van der Waals surface area contributed by atoms with Crippen molar-refractivity contribution >= 4 is 5.97 Å². The molecule has 0 aliphatic rings. The van der Waals surface area contributed by atoms with Gasteiger partial charge in [-0.25, -0.2) is 0 Å². The SMILES string of the molecule is C#CCCC(C)OC(C)=O. The second kappa shape index (κ2) is 4.87. The third-order valence-corrected chi connectivity index (χ3v) is 1.06. The van der Waals surface area contributed by atoms with E-state index in [0.717, 1.165) is 6.42 Å². The maximum Gasteiger partial charge on any atom is 0.302 e. The summed E-state index contributed by atoms with van der Waals surface area (Å²) >= 11 is 0. The number of carbonyl (C=O) groups is 1. The van der Waals surface area contributed by atoms with Gasteiger partial charge in [-0.05, 0) is 13.3 Å². The molecule has 0 saturated carbocycles. The van der Waals surface area contributed by atoms with Gasteiger partial charge in [-0.15, -0.1) is 12.3 Å². The van der Waals surface area contributed by atoms with E-state index in [9.17, 15) is 4.79 Å². The van der Waals surface area contributed by atoms with E-state index in [1.807, 2.05) is 6.92 Å². The lowest BCUT2D eigenvalue weighted by atomic mass is 10.2. The average Bonchev–Trinajstić information content (AvgIpc) is 1.82. The van der Waals surface area contributed by atoms with E-state index in [-0.39, 0.29) is 12.1 Å². The minimum absolute atomic E-state index is 0.0476. The monoisotopic (exact) mass is 140 g/mol. The van der Waals surface area contributed by atoms with Crippen LogP contribution < -0.4 is 0 Å². The Hall–Kier alpha value is -0.970. The summed E-state index contributed by atoms with van der Waals surface area (Å²) in [7, 11) is 0. The van der Waals surface area contributed by atoms with Crippen LogP contribution in [-0.4, -0.2) is 12.1 Å². The molecule has 0 heterocycles. The van der Waals surface area contributed by atoms with Gasteiger partial charge in [0.15, 0.2) is 0 Å². The predicted molar refractivity (Wildman–Crippen MR) is 39.3 cm³/mol. The molecule has 0 fully saturated rings. The Labute approximate surface area is 61.6 Å². The molecule has 0 aliphatic carbocycles. The third-order valence-electron chi connectivity index (χ3n) is 1.06. The van der Waals surface area contributed by atoms with E-state index in [1.165, 1.54) is 6.92 Å². The van der Waals surface area contributed by atoms with Gasteiger partial charge in [0.1, 0.15) is 0 Å². The molecule has 0 N–H and O–H groups in total. The summed E-state index contributed by atoms with van der Waals surface area (Å²) in [6, 6.07) is 0. The fourth-order valence-corrected chi connectivity index (χ4v) is 0.629. The molecule has 2 heteroatoms. The van der Waals surface area contributed by atoms with E-state index in [2.05, 4.69) is 5.92 Å². The third kappa shape index (κ3) is 5.17. The Morgan fingerprint density at radius 3 is 2.80 bits per heavy atom. The van der Waals surface area contributed by atoms with Gasteiger partial charge in [-0.2, -0.15) is 0 Å². The molecule has 1 unspecified atom stereocenters. The first-order valence-corrected chi connectivity index (χ1v) is 3.27. The van der Waals surface area contributed by atoms with E-state index < -0.39 is 0 Å². The first-order valence-electron chi connectivity index (χ1n) is 3.27. The van der Waals surface area contributed by atoms with Crippen molar-refractivity contribution in [2.45, 2.75) is 32.8 Å². The number of esters is 1. The number of terminal acetylenes is 1. The van der Waals surface area contributed by atoms with E-state index in [4.69, 9.17) is 11.2 Å². The molecule has 0 bridgehead atoms. The van der Waals surface area contributed by atoms with Crippen molar-refractivity contribution < 1.29 is 9.53 Å². The van der Waals surface area contributed by atoms with Gasteiger partial charge in [0.25, 0.3) is 0 Å². The zero-order valence-corrected chi connectivity index (χ0v) is 6.39. The molecule has 0 spiro atoms. The van der Waals surface area contributed by atoms with Crippen LogP contribution in [0.2, 0.25) is 0 Å². The van der Waals surface area contributed by atoms with Crippen molar-refractivity contribution in [3.05, 3.63) is 0 Å². The smallest absolute Gasteiger partial charge is 0.302 e. The van der Waals surface area contributed by atoms with Crippen molar-refractivity contribution in [3.8, 4) is 12.3 Å². The number of hydrogen-bond donors (Lipinski definition) is 0. The van der Waals surface area contributed by atoms with Crippen molar-refractivity contribution in [1.29, 1.82) is 0 Å². The van der Waals surface area contributed by atoms with Crippen molar-refractivity contribution in [2.24, 2.45) is 0 Å². The lowest BCUT2D eigenvalue weighted by molar-refractivity contribution is -0.145. The highest BCUT2D eigenvalue weighted by Gasteiger charge is 2.02. The minimum atomic E-state index is -0.246. The number of hydrogen-bond acceptors (Lipinski definition) is 2. The fraction of sp³-hybridized carbons (Fsp3) is 0.625. The van der Waals surface area contributed by atoms with Gasteiger partial charge in [-0.1, -0.05) is 0 Å². The molecule has 1 atom stereocenters. The number of carbonyl (C=O) groups excluding carboxylic acids is 1. The molecule has 0 aliphatic heterocycles. The molecule has 0 saturated heterocycles. The van der Waals surface area contributed by atoms with Crippen LogP contribution in [0.15, 0.2) is 0 Å². The van der Waals surface area contributed by atoms with Crippen LogP contribution >= 0.6 is 0 Å². The van der Waals surface area contributed by atoms with Gasteiger partial charge in [0, 0.05) is 13.3 Å². The zero-order valence-electron chi connectivity index (χ0n) is 6.39. The summed E-state index contributed by atoms with van der Waals surface area (Å²) in [5.74, 6) is 2.23. The van der Waals surface area contributed by atoms with Gasteiger partial charge >= 0.3 is 5.97 Å². The Bertz CT molecular complexity index is 144. The van der Waals surface area contributed by atoms with Crippen molar-refractivity contribution in [1.82, 2.24) is 0 Å². The van der Waals surface area contributed by atoms with Crippen LogP contribution in [-0.2, 0) is 9.53 Å². The molecule has 2 nitrogen and oxygen atoms in total. The zero-order chi connectivity index (χ0) is 7.98. The maximum absolute atomic E-state index is 10.3. The fourth-order valence-electron chi connectivity index (χ4n) is 0.629. The molecule has 0 amide bonds. The van der Waals surface area contributed by atoms with Crippen LogP contribution in [0, 0.1) is 12.3 Å². The second-order valence-corrected chi connectivity index (χ2v) is 2.16.